The standard InChI is InChI=1S/C3H2NO3/c5-1-3(2-6)4-7/h1,3H. The van der Waals surface area contributed by atoms with Gasteiger partial charge in [0.05, 0.1) is 0 Å². The molecular formula is C3H2NO3. The molecule has 0 rings (SSSR count). The maximum atomic E-state index is 9.41. The molecule has 0 saturated heterocycles. The van der Waals surface area contributed by atoms with Crippen LogP contribution in [-0.2, 0) is 9.59 Å². The Kier molecular flexibility index (Phi) is 2.67. The van der Waals surface area contributed by atoms with Gasteiger partial charge in [-0.25, -0.2) is 0 Å². The van der Waals surface area contributed by atoms with Crippen LogP contribution in [0.2, 0.25) is 0 Å². The summed E-state index contributed by atoms with van der Waals surface area (Å²) in [4.78, 5) is 28.0. The quantitative estimate of drug-likeness (QED) is 0.271. The van der Waals surface area contributed by atoms with Crippen molar-refractivity contribution in [1.29, 1.82) is 0 Å². The molecule has 0 aliphatic carbocycles. The Balaban J connectivity index is 3.57. The minimum atomic E-state index is -1.43. The number of nitrogens with zero attached hydrogens (tertiary/aromatic N) is 1. The lowest BCUT2D eigenvalue weighted by molar-refractivity contribution is -0.107. The Morgan fingerprint density at radius 2 is 2.29 bits per heavy atom. The number of carbonyl (C=O) groups is 1. The van der Waals surface area contributed by atoms with Crippen LogP contribution in [0.5, 0.6) is 0 Å². The highest BCUT2D eigenvalue weighted by Crippen LogP contribution is 1.74. The van der Waals surface area contributed by atoms with Gasteiger partial charge in [0.25, 0.3) is 0 Å². The predicted molar refractivity (Wildman–Crippen MR) is 21.3 cm³/mol. The predicted octanol–water partition coefficient (Wildman–Crippen LogP) is -0.570. The average Bonchev–Trinajstić information content (AvgIpc) is 1.72. The molecule has 0 N–H and O–H groups in total. The van der Waals surface area contributed by atoms with Crippen molar-refractivity contribution in [3.05, 3.63) is 4.91 Å². The van der Waals surface area contributed by atoms with Crippen LogP contribution >= 0.6 is 0 Å². The number of hydrogen-bond acceptors (Lipinski definition) is 4. The third-order valence-electron chi connectivity index (χ3n) is 0.363. The third kappa shape index (κ3) is 1.75. The smallest absolute Gasteiger partial charge is 0.236 e. The first kappa shape index (κ1) is 5.94. The first-order chi connectivity index (χ1) is 3.35. The fourth-order valence-electron chi connectivity index (χ4n) is 0.0741. The van der Waals surface area contributed by atoms with Gasteiger partial charge in [0.1, 0.15) is 0 Å². The highest BCUT2D eigenvalue weighted by Gasteiger charge is 2.01. The lowest BCUT2D eigenvalue weighted by Gasteiger charge is -1.75. The zero-order chi connectivity index (χ0) is 5.70. The molecule has 0 aromatic heterocycles. The van der Waals surface area contributed by atoms with Crippen LogP contribution in [0.4, 0.5) is 0 Å². The topological polar surface area (TPSA) is 63.6 Å². The Hall–Kier alpha value is -1.06. The number of hydrogen-bond donors (Lipinski definition) is 0. The van der Waals surface area contributed by atoms with E-state index in [1.165, 1.54) is 0 Å². The number of rotatable bonds is 3. The molecule has 7 heavy (non-hydrogen) atoms. The van der Waals surface area contributed by atoms with Crippen molar-refractivity contribution in [2.45, 2.75) is 6.04 Å². The lowest BCUT2D eigenvalue weighted by Crippen LogP contribution is -2.04. The number of nitroso groups, excluding NO2 is 1. The second-order valence-corrected chi connectivity index (χ2v) is 0.804. The summed E-state index contributed by atoms with van der Waals surface area (Å²) < 4.78 is 0. The molecule has 0 aliphatic heterocycles. The minimum Gasteiger partial charge on any atom is -0.300 e. The monoisotopic (exact) mass is 100 g/mol. The van der Waals surface area contributed by atoms with E-state index >= 15 is 0 Å². The van der Waals surface area contributed by atoms with E-state index in [2.05, 4.69) is 5.18 Å². The summed E-state index contributed by atoms with van der Waals surface area (Å²) in [7, 11) is 0. The van der Waals surface area contributed by atoms with Gasteiger partial charge in [-0.2, -0.15) is 0 Å². The molecule has 0 aromatic rings. The number of aldehydes is 1. The van der Waals surface area contributed by atoms with Crippen molar-refractivity contribution < 1.29 is 9.59 Å². The van der Waals surface area contributed by atoms with Gasteiger partial charge in [-0.15, -0.1) is 4.91 Å². The summed E-state index contributed by atoms with van der Waals surface area (Å²) in [6.45, 7) is 0. The van der Waals surface area contributed by atoms with Gasteiger partial charge in [-0.3, -0.25) is 4.79 Å². The van der Waals surface area contributed by atoms with Crippen LogP contribution in [-0.4, -0.2) is 18.6 Å². The van der Waals surface area contributed by atoms with Crippen LogP contribution in [0.25, 0.3) is 0 Å². The second-order valence-electron chi connectivity index (χ2n) is 0.804. The normalized spacial score (nSPS) is 8.14. The van der Waals surface area contributed by atoms with Crippen molar-refractivity contribution in [1.82, 2.24) is 0 Å². The molecule has 37 valence electrons. The summed E-state index contributed by atoms with van der Waals surface area (Å²) in [5.74, 6) is 0. The minimum absolute atomic E-state index is 0.125. The van der Waals surface area contributed by atoms with E-state index in [0.29, 0.717) is 0 Å². The van der Waals surface area contributed by atoms with E-state index in [0.717, 1.165) is 6.29 Å². The molecule has 4 heteroatoms. The van der Waals surface area contributed by atoms with E-state index in [9.17, 15) is 14.5 Å². The first-order valence-corrected chi connectivity index (χ1v) is 1.50. The highest BCUT2D eigenvalue weighted by molar-refractivity contribution is 5.82. The molecule has 0 aliphatic rings. The molecule has 0 spiro atoms. The molecule has 4 nitrogen and oxygen atoms in total. The summed E-state index contributed by atoms with van der Waals surface area (Å²) in [5.41, 5.74) is 0. The Labute approximate surface area is 39.5 Å². The molecule has 0 bridgehead atoms. The van der Waals surface area contributed by atoms with Gasteiger partial charge in [-0.1, -0.05) is 5.18 Å². The van der Waals surface area contributed by atoms with Crippen molar-refractivity contribution in [3.63, 3.8) is 0 Å². The van der Waals surface area contributed by atoms with Gasteiger partial charge >= 0.3 is 0 Å². The summed E-state index contributed by atoms with van der Waals surface area (Å²) >= 11 is 0. The van der Waals surface area contributed by atoms with Gasteiger partial charge < -0.3 is 4.79 Å². The first-order valence-electron chi connectivity index (χ1n) is 1.50. The van der Waals surface area contributed by atoms with E-state index in [-0.39, 0.29) is 6.29 Å². The van der Waals surface area contributed by atoms with Crippen LogP contribution in [0.1, 0.15) is 0 Å². The zero-order valence-corrected chi connectivity index (χ0v) is 3.33. The Bertz CT molecular complexity index is 71.2. The highest BCUT2D eigenvalue weighted by atomic mass is 16.3. The van der Waals surface area contributed by atoms with Crippen molar-refractivity contribution >= 4 is 12.6 Å². The summed E-state index contributed by atoms with van der Waals surface area (Å²) in [6, 6.07) is -1.43. The van der Waals surface area contributed by atoms with Crippen molar-refractivity contribution in [2.24, 2.45) is 5.18 Å². The molecule has 0 saturated carbocycles. The average molecular weight is 100 g/mol. The van der Waals surface area contributed by atoms with E-state index < -0.39 is 6.04 Å². The largest absolute Gasteiger partial charge is 0.300 e. The molecule has 0 aromatic carbocycles. The maximum absolute atomic E-state index is 9.41. The van der Waals surface area contributed by atoms with Gasteiger partial charge in [-0.05, 0) is 0 Å². The van der Waals surface area contributed by atoms with E-state index in [4.69, 9.17) is 0 Å². The second kappa shape index (κ2) is 3.14. The molecule has 0 fully saturated rings. The Morgan fingerprint density at radius 3 is 2.29 bits per heavy atom. The van der Waals surface area contributed by atoms with Crippen molar-refractivity contribution in [2.75, 3.05) is 0 Å². The van der Waals surface area contributed by atoms with Crippen molar-refractivity contribution in [3.8, 4) is 0 Å². The molecule has 1 radical (unpaired) electrons. The van der Waals surface area contributed by atoms with Crippen LogP contribution in [0.15, 0.2) is 5.18 Å². The summed E-state index contributed by atoms with van der Waals surface area (Å²) in [5, 5.41) is 2.08. The molecular weight excluding hydrogens is 98.0 g/mol. The van der Waals surface area contributed by atoms with Crippen LogP contribution < -0.4 is 0 Å². The van der Waals surface area contributed by atoms with Crippen LogP contribution in [0, 0.1) is 4.91 Å². The lowest BCUT2D eigenvalue weighted by atomic mass is 10.4. The van der Waals surface area contributed by atoms with Gasteiger partial charge in [0.15, 0.2) is 6.29 Å². The molecule has 0 amide bonds. The molecule has 0 heterocycles. The zero-order valence-electron chi connectivity index (χ0n) is 3.33. The van der Waals surface area contributed by atoms with E-state index in [1.807, 2.05) is 0 Å². The Morgan fingerprint density at radius 1 is 1.71 bits per heavy atom. The van der Waals surface area contributed by atoms with Gasteiger partial charge in [0.2, 0.25) is 12.3 Å². The van der Waals surface area contributed by atoms with Gasteiger partial charge in [0, 0.05) is 0 Å². The van der Waals surface area contributed by atoms with E-state index in [1.54, 1.807) is 0 Å². The SMILES string of the molecule is O=[C]C(C=O)N=O. The third-order valence-corrected chi connectivity index (χ3v) is 0.363. The van der Waals surface area contributed by atoms with Crippen LogP contribution in [0.3, 0.4) is 0 Å². The maximum Gasteiger partial charge on any atom is 0.236 e. The fourth-order valence-corrected chi connectivity index (χ4v) is 0.0741. The molecule has 1 atom stereocenters. The molecule has 1 unspecified atom stereocenters. The fraction of sp³-hybridized carbons (Fsp3) is 0.333. The number of carbonyl (C=O) groups excluding carboxylic acids is 2. The summed E-state index contributed by atoms with van der Waals surface area (Å²) in [6.07, 6.45) is 1.23.